The number of H-pyrrole nitrogens is 1. The van der Waals surface area contributed by atoms with Gasteiger partial charge in [0.2, 0.25) is 0 Å². The molecule has 6 nitrogen and oxygen atoms in total. The molecule has 1 amide bonds. The third-order valence-electron chi connectivity index (χ3n) is 5.60. The number of carbonyl (C=O) groups is 1. The van der Waals surface area contributed by atoms with E-state index in [2.05, 4.69) is 37.3 Å². The van der Waals surface area contributed by atoms with E-state index in [1.807, 2.05) is 42.5 Å². The Kier molecular flexibility index (Phi) is 5.30. The van der Waals surface area contributed by atoms with Crippen molar-refractivity contribution in [1.82, 2.24) is 20.3 Å². The first kappa shape index (κ1) is 19.6. The van der Waals surface area contributed by atoms with Crippen molar-refractivity contribution in [2.45, 2.75) is 12.3 Å². The zero-order valence-electron chi connectivity index (χ0n) is 16.9. The van der Waals surface area contributed by atoms with Crippen molar-refractivity contribution in [2.24, 2.45) is 0 Å². The van der Waals surface area contributed by atoms with Crippen LogP contribution in [0.25, 0.3) is 11.0 Å². The van der Waals surface area contributed by atoms with Crippen LogP contribution in [0.5, 0.6) is 0 Å². The highest BCUT2D eigenvalue weighted by atomic mass is 35.5. The average molecular weight is 432 g/mol. The van der Waals surface area contributed by atoms with E-state index >= 15 is 0 Å². The molecule has 4 aromatic rings. The molecule has 0 saturated carbocycles. The second kappa shape index (κ2) is 8.40. The van der Waals surface area contributed by atoms with E-state index in [0.717, 1.165) is 42.2 Å². The number of anilines is 1. The van der Waals surface area contributed by atoms with Gasteiger partial charge in [0.1, 0.15) is 11.6 Å². The Hall–Kier alpha value is -3.38. The van der Waals surface area contributed by atoms with Crippen LogP contribution < -0.4 is 10.2 Å². The second-order valence-corrected chi connectivity index (χ2v) is 8.19. The number of carbonyl (C=O) groups excluding carboxylic acids is 1. The number of nitrogens with one attached hydrogen (secondary N) is 2. The summed E-state index contributed by atoms with van der Waals surface area (Å²) in [5.41, 5.74) is 3.66. The molecule has 31 heavy (non-hydrogen) atoms. The number of benzene rings is 2. The number of rotatable bonds is 6. The normalized spacial score (nSPS) is 13.9. The summed E-state index contributed by atoms with van der Waals surface area (Å²) in [4.78, 5) is 27.5. The Morgan fingerprint density at radius 1 is 1.13 bits per heavy atom. The maximum atomic E-state index is 12.8. The lowest BCUT2D eigenvalue weighted by Crippen LogP contribution is -2.47. The molecule has 3 heterocycles. The van der Waals surface area contributed by atoms with E-state index in [4.69, 9.17) is 11.6 Å². The van der Waals surface area contributed by atoms with Gasteiger partial charge in [-0.25, -0.2) is 9.97 Å². The number of nitrogens with zero attached hydrogens (tertiary/aromatic N) is 3. The molecule has 2 aromatic heterocycles. The fourth-order valence-corrected chi connectivity index (χ4v) is 4.07. The van der Waals surface area contributed by atoms with Crippen LogP contribution in [-0.2, 0) is 6.42 Å². The van der Waals surface area contributed by atoms with Crippen molar-refractivity contribution in [3.05, 3.63) is 88.8 Å². The topological polar surface area (TPSA) is 73.9 Å². The maximum absolute atomic E-state index is 12.8. The highest BCUT2D eigenvalue weighted by Gasteiger charge is 2.33. The lowest BCUT2D eigenvalue weighted by Gasteiger charge is -2.39. The maximum Gasteiger partial charge on any atom is 0.255 e. The van der Waals surface area contributed by atoms with Gasteiger partial charge in [-0.2, -0.15) is 0 Å². The van der Waals surface area contributed by atoms with Gasteiger partial charge in [-0.05, 0) is 42.3 Å². The Morgan fingerprint density at radius 2 is 1.97 bits per heavy atom. The van der Waals surface area contributed by atoms with Gasteiger partial charge in [0.05, 0.1) is 22.5 Å². The largest absolute Gasteiger partial charge is 0.354 e. The lowest BCUT2D eigenvalue weighted by molar-refractivity contribution is 0.0954. The van der Waals surface area contributed by atoms with Gasteiger partial charge in [-0.1, -0.05) is 41.9 Å². The zero-order valence-corrected chi connectivity index (χ0v) is 17.6. The molecule has 2 aromatic carbocycles. The molecule has 0 atom stereocenters. The molecule has 7 heteroatoms. The zero-order chi connectivity index (χ0) is 21.2. The molecule has 0 spiro atoms. The van der Waals surface area contributed by atoms with Crippen LogP contribution in [0.4, 0.5) is 5.82 Å². The van der Waals surface area contributed by atoms with E-state index in [1.165, 1.54) is 5.56 Å². The summed E-state index contributed by atoms with van der Waals surface area (Å²) >= 11 is 6.07. The number of aromatic nitrogens is 3. The second-order valence-electron chi connectivity index (χ2n) is 7.75. The molecule has 1 fully saturated rings. The molecular weight excluding hydrogens is 410 g/mol. The first-order valence-electron chi connectivity index (χ1n) is 10.3. The van der Waals surface area contributed by atoms with Gasteiger partial charge in [-0.3, -0.25) is 4.79 Å². The standard InChI is InChI=1S/C24H22ClN5O/c25-18-8-9-20-21(13-18)29-22(28-20)17-14-30(15-17)23-19(7-4-11-26-23)24(31)27-12-10-16-5-2-1-3-6-16/h1-9,11,13,17H,10,12,14-15H2,(H,27,31)(H,28,29). The SMILES string of the molecule is O=C(NCCc1ccccc1)c1cccnc1N1CC(c2nc3cc(Cl)ccc3[nH]2)C1. The van der Waals surface area contributed by atoms with Crippen LogP contribution in [0.3, 0.4) is 0 Å². The van der Waals surface area contributed by atoms with Gasteiger partial charge in [0.15, 0.2) is 0 Å². The number of hydrogen-bond acceptors (Lipinski definition) is 4. The summed E-state index contributed by atoms with van der Waals surface area (Å²) in [5.74, 6) is 1.83. The van der Waals surface area contributed by atoms with Gasteiger partial charge >= 0.3 is 0 Å². The first-order valence-corrected chi connectivity index (χ1v) is 10.7. The summed E-state index contributed by atoms with van der Waals surface area (Å²) in [7, 11) is 0. The van der Waals surface area contributed by atoms with Gasteiger partial charge in [-0.15, -0.1) is 0 Å². The Balaban J connectivity index is 1.24. The molecule has 1 aliphatic rings. The number of fused-ring (bicyclic) bond motifs is 1. The van der Waals surface area contributed by atoms with Crippen molar-refractivity contribution >= 4 is 34.4 Å². The Morgan fingerprint density at radius 3 is 2.81 bits per heavy atom. The fraction of sp³-hybridized carbons (Fsp3) is 0.208. The molecule has 2 N–H and O–H groups in total. The number of halogens is 1. The van der Waals surface area contributed by atoms with E-state index in [9.17, 15) is 4.79 Å². The first-order chi connectivity index (χ1) is 15.2. The van der Waals surface area contributed by atoms with Crippen molar-refractivity contribution in [2.75, 3.05) is 24.5 Å². The van der Waals surface area contributed by atoms with Crippen molar-refractivity contribution in [1.29, 1.82) is 0 Å². The minimum Gasteiger partial charge on any atom is -0.354 e. The Labute approximate surface area is 185 Å². The van der Waals surface area contributed by atoms with E-state index in [1.54, 1.807) is 12.3 Å². The molecule has 5 rings (SSSR count). The number of imidazole rings is 1. The minimum absolute atomic E-state index is 0.0964. The number of hydrogen-bond donors (Lipinski definition) is 2. The quantitative estimate of drug-likeness (QED) is 0.480. The van der Waals surface area contributed by atoms with Crippen LogP contribution in [0, 0.1) is 0 Å². The predicted octanol–water partition coefficient (Wildman–Crippen LogP) is 4.19. The Bertz CT molecular complexity index is 1220. The van der Waals surface area contributed by atoms with E-state index in [0.29, 0.717) is 17.1 Å². The summed E-state index contributed by atoms with van der Waals surface area (Å²) in [5, 5.41) is 3.70. The van der Waals surface area contributed by atoms with Gasteiger partial charge < -0.3 is 15.2 Å². The van der Waals surface area contributed by atoms with E-state index < -0.39 is 0 Å². The van der Waals surface area contributed by atoms with Crippen LogP contribution in [0.2, 0.25) is 5.02 Å². The van der Waals surface area contributed by atoms with Crippen molar-refractivity contribution < 1.29 is 4.79 Å². The highest BCUT2D eigenvalue weighted by molar-refractivity contribution is 6.31. The molecule has 0 aliphatic carbocycles. The third kappa shape index (κ3) is 4.11. The van der Waals surface area contributed by atoms with Crippen molar-refractivity contribution in [3.8, 4) is 0 Å². The van der Waals surface area contributed by atoms with Crippen LogP contribution in [0.15, 0.2) is 66.9 Å². The summed E-state index contributed by atoms with van der Waals surface area (Å²) in [6, 6.07) is 19.4. The molecule has 0 unspecified atom stereocenters. The van der Waals surface area contributed by atoms with Crippen LogP contribution in [-0.4, -0.2) is 40.5 Å². The summed E-state index contributed by atoms with van der Waals surface area (Å²) in [6.07, 6.45) is 2.52. The van der Waals surface area contributed by atoms with Gasteiger partial charge in [0, 0.05) is 30.9 Å². The predicted molar refractivity (Wildman–Crippen MR) is 123 cm³/mol. The third-order valence-corrected chi connectivity index (χ3v) is 5.84. The summed E-state index contributed by atoms with van der Waals surface area (Å²) < 4.78 is 0. The molecule has 1 saturated heterocycles. The molecule has 156 valence electrons. The number of amides is 1. The fourth-order valence-electron chi connectivity index (χ4n) is 3.90. The average Bonchev–Trinajstić information content (AvgIpc) is 3.16. The van der Waals surface area contributed by atoms with Crippen LogP contribution >= 0.6 is 11.6 Å². The minimum atomic E-state index is -0.0964. The molecular formula is C24H22ClN5O. The van der Waals surface area contributed by atoms with Crippen molar-refractivity contribution in [3.63, 3.8) is 0 Å². The number of aromatic amines is 1. The lowest BCUT2D eigenvalue weighted by atomic mass is 9.98. The van der Waals surface area contributed by atoms with E-state index in [-0.39, 0.29) is 11.8 Å². The monoisotopic (exact) mass is 431 g/mol. The van der Waals surface area contributed by atoms with Gasteiger partial charge in [0.25, 0.3) is 5.91 Å². The summed E-state index contributed by atoms with van der Waals surface area (Å²) in [6.45, 7) is 2.10. The number of pyridine rings is 1. The van der Waals surface area contributed by atoms with Crippen LogP contribution in [0.1, 0.15) is 27.7 Å². The molecule has 1 aliphatic heterocycles. The molecule has 0 bridgehead atoms. The molecule has 0 radical (unpaired) electrons. The highest BCUT2D eigenvalue weighted by Crippen LogP contribution is 2.32. The smallest absolute Gasteiger partial charge is 0.255 e.